The SMILES string of the molecule is O=Cc1cn(-c2ncccn2)nc1-c1cccc(Cl)c1Cl. The smallest absolute Gasteiger partial charge is 0.250 e. The number of hydrogen-bond donors (Lipinski definition) is 0. The maximum atomic E-state index is 11.3. The Morgan fingerprint density at radius 3 is 2.57 bits per heavy atom. The van der Waals surface area contributed by atoms with Crippen molar-refractivity contribution in [1.82, 2.24) is 19.7 Å². The van der Waals surface area contributed by atoms with Crippen molar-refractivity contribution in [1.29, 1.82) is 0 Å². The van der Waals surface area contributed by atoms with E-state index in [0.29, 0.717) is 39.1 Å². The molecule has 5 nitrogen and oxygen atoms in total. The van der Waals surface area contributed by atoms with Crippen molar-refractivity contribution in [3.63, 3.8) is 0 Å². The van der Waals surface area contributed by atoms with E-state index in [9.17, 15) is 4.79 Å². The molecule has 0 aliphatic heterocycles. The summed E-state index contributed by atoms with van der Waals surface area (Å²) in [4.78, 5) is 19.4. The minimum absolute atomic E-state index is 0.349. The van der Waals surface area contributed by atoms with Gasteiger partial charge >= 0.3 is 0 Å². The first-order valence-electron chi connectivity index (χ1n) is 5.97. The number of benzene rings is 1. The molecule has 3 aromatic rings. The minimum atomic E-state index is 0.349. The second kappa shape index (κ2) is 5.63. The van der Waals surface area contributed by atoms with Crippen LogP contribution in [0.3, 0.4) is 0 Å². The van der Waals surface area contributed by atoms with E-state index in [4.69, 9.17) is 23.2 Å². The van der Waals surface area contributed by atoms with Crippen LogP contribution in [0.5, 0.6) is 0 Å². The summed E-state index contributed by atoms with van der Waals surface area (Å²) in [5, 5.41) is 5.09. The summed E-state index contributed by atoms with van der Waals surface area (Å²) in [5.74, 6) is 0.366. The van der Waals surface area contributed by atoms with Gasteiger partial charge in [0.15, 0.2) is 6.29 Å². The summed E-state index contributed by atoms with van der Waals surface area (Å²) >= 11 is 12.2. The lowest BCUT2D eigenvalue weighted by Gasteiger charge is -2.03. The highest BCUT2D eigenvalue weighted by atomic mass is 35.5. The Morgan fingerprint density at radius 1 is 1.10 bits per heavy atom. The molecule has 0 amide bonds. The second-order valence-electron chi connectivity index (χ2n) is 4.15. The van der Waals surface area contributed by atoms with Crippen LogP contribution in [-0.4, -0.2) is 26.0 Å². The first-order chi connectivity index (χ1) is 10.2. The van der Waals surface area contributed by atoms with Crippen molar-refractivity contribution >= 4 is 29.5 Å². The molecule has 0 radical (unpaired) electrons. The molecule has 0 aliphatic carbocycles. The van der Waals surface area contributed by atoms with Crippen LogP contribution in [0.15, 0.2) is 42.9 Å². The van der Waals surface area contributed by atoms with Crippen LogP contribution in [0.1, 0.15) is 10.4 Å². The molecule has 0 N–H and O–H groups in total. The Balaban J connectivity index is 2.17. The molecule has 0 fully saturated rings. The van der Waals surface area contributed by atoms with Crippen LogP contribution in [0, 0.1) is 0 Å². The Labute approximate surface area is 130 Å². The molecular formula is C14H8Cl2N4O. The van der Waals surface area contributed by atoms with E-state index < -0.39 is 0 Å². The van der Waals surface area contributed by atoms with Crippen molar-refractivity contribution in [2.45, 2.75) is 0 Å². The third-order valence-electron chi connectivity index (χ3n) is 2.83. The molecule has 2 heterocycles. The molecule has 0 bridgehead atoms. The lowest BCUT2D eigenvalue weighted by molar-refractivity contribution is 0.112. The third-order valence-corrected chi connectivity index (χ3v) is 3.65. The normalized spacial score (nSPS) is 10.6. The summed E-state index contributed by atoms with van der Waals surface area (Å²) in [5.41, 5.74) is 1.40. The number of rotatable bonds is 3. The zero-order chi connectivity index (χ0) is 14.8. The largest absolute Gasteiger partial charge is 0.298 e. The van der Waals surface area contributed by atoms with Gasteiger partial charge in [-0.05, 0) is 12.1 Å². The minimum Gasteiger partial charge on any atom is -0.298 e. The van der Waals surface area contributed by atoms with Gasteiger partial charge in [-0.15, -0.1) is 0 Å². The average molecular weight is 319 g/mol. The fraction of sp³-hybridized carbons (Fsp3) is 0. The average Bonchev–Trinajstić information content (AvgIpc) is 2.95. The highest BCUT2D eigenvalue weighted by molar-refractivity contribution is 6.43. The van der Waals surface area contributed by atoms with E-state index in [0.717, 1.165) is 0 Å². The van der Waals surface area contributed by atoms with Crippen LogP contribution in [0.25, 0.3) is 17.2 Å². The molecule has 0 aliphatic rings. The van der Waals surface area contributed by atoms with Crippen molar-refractivity contribution in [2.75, 3.05) is 0 Å². The van der Waals surface area contributed by atoms with Gasteiger partial charge in [0.05, 0.1) is 15.6 Å². The Bertz CT molecular complexity index is 802. The molecule has 1 aromatic carbocycles. The Morgan fingerprint density at radius 2 is 1.86 bits per heavy atom. The fourth-order valence-electron chi connectivity index (χ4n) is 1.88. The summed E-state index contributed by atoms with van der Waals surface area (Å²) in [7, 11) is 0. The predicted molar refractivity (Wildman–Crippen MR) is 80.0 cm³/mol. The van der Waals surface area contributed by atoms with Crippen LogP contribution < -0.4 is 0 Å². The molecule has 7 heteroatoms. The van der Waals surface area contributed by atoms with E-state index in [1.54, 1.807) is 42.9 Å². The molecular weight excluding hydrogens is 311 g/mol. The zero-order valence-corrected chi connectivity index (χ0v) is 12.1. The summed E-state index contributed by atoms with van der Waals surface area (Å²) in [6.07, 6.45) is 5.45. The van der Waals surface area contributed by atoms with Gasteiger partial charge in [-0.1, -0.05) is 35.3 Å². The number of carbonyl (C=O) groups excluding carboxylic acids is 1. The molecule has 21 heavy (non-hydrogen) atoms. The molecule has 104 valence electrons. The molecule has 0 atom stereocenters. The van der Waals surface area contributed by atoms with Crippen molar-refractivity contribution in [2.24, 2.45) is 0 Å². The second-order valence-corrected chi connectivity index (χ2v) is 4.93. The van der Waals surface area contributed by atoms with Crippen LogP contribution in [0.4, 0.5) is 0 Å². The summed E-state index contributed by atoms with van der Waals surface area (Å²) < 4.78 is 1.43. The first-order valence-corrected chi connectivity index (χ1v) is 6.73. The molecule has 0 saturated heterocycles. The maximum absolute atomic E-state index is 11.3. The summed E-state index contributed by atoms with van der Waals surface area (Å²) in [6.45, 7) is 0. The van der Waals surface area contributed by atoms with Crippen LogP contribution in [0.2, 0.25) is 10.0 Å². The number of carbonyl (C=O) groups is 1. The van der Waals surface area contributed by atoms with Crippen LogP contribution in [-0.2, 0) is 0 Å². The Hall–Kier alpha value is -2.24. The van der Waals surface area contributed by atoms with Crippen LogP contribution >= 0.6 is 23.2 Å². The van der Waals surface area contributed by atoms with Gasteiger partial charge in [0.2, 0.25) is 5.95 Å². The fourth-order valence-corrected chi connectivity index (χ4v) is 2.27. The lowest BCUT2D eigenvalue weighted by atomic mass is 10.1. The van der Waals surface area contributed by atoms with Gasteiger partial charge in [0, 0.05) is 24.2 Å². The highest BCUT2D eigenvalue weighted by Crippen LogP contribution is 2.34. The molecule has 0 spiro atoms. The predicted octanol–water partition coefficient (Wildman–Crippen LogP) is 3.45. The quantitative estimate of drug-likeness (QED) is 0.694. The number of hydrogen-bond acceptors (Lipinski definition) is 4. The number of nitrogens with zero attached hydrogens (tertiary/aromatic N) is 4. The van der Waals surface area contributed by atoms with Crippen molar-refractivity contribution < 1.29 is 4.79 Å². The Kier molecular flexibility index (Phi) is 3.68. The lowest BCUT2D eigenvalue weighted by Crippen LogP contribution is -2.00. The number of halogens is 2. The van der Waals surface area contributed by atoms with Gasteiger partial charge in [-0.25, -0.2) is 14.6 Å². The van der Waals surface area contributed by atoms with Crippen molar-refractivity contribution in [3.8, 4) is 17.2 Å². The van der Waals surface area contributed by atoms with Gasteiger partial charge in [0.25, 0.3) is 0 Å². The van der Waals surface area contributed by atoms with E-state index >= 15 is 0 Å². The highest BCUT2D eigenvalue weighted by Gasteiger charge is 2.16. The summed E-state index contributed by atoms with van der Waals surface area (Å²) in [6, 6.07) is 6.86. The van der Waals surface area contributed by atoms with E-state index in [2.05, 4.69) is 15.1 Å². The molecule has 0 saturated carbocycles. The molecule has 2 aromatic heterocycles. The maximum Gasteiger partial charge on any atom is 0.250 e. The third kappa shape index (κ3) is 2.53. The van der Waals surface area contributed by atoms with E-state index in [1.165, 1.54) is 4.68 Å². The van der Waals surface area contributed by atoms with Crippen molar-refractivity contribution in [3.05, 3.63) is 58.5 Å². The standard InChI is InChI=1S/C14H8Cl2N4O/c15-11-4-1-3-10(12(11)16)13-9(8-21)7-20(19-13)14-17-5-2-6-18-14/h1-8H. The van der Waals surface area contributed by atoms with Gasteiger partial charge < -0.3 is 0 Å². The van der Waals surface area contributed by atoms with Gasteiger partial charge in [0.1, 0.15) is 5.69 Å². The number of aromatic nitrogens is 4. The topological polar surface area (TPSA) is 60.7 Å². The zero-order valence-electron chi connectivity index (χ0n) is 10.6. The van der Waals surface area contributed by atoms with E-state index in [-0.39, 0.29) is 0 Å². The monoisotopic (exact) mass is 318 g/mol. The number of aldehydes is 1. The first kappa shape index (κ1) is 13.7. The van der Waals surface area contributed by atoms with Gasteiger partial charge in [-0.2, -0.15) is 5.10 Å². The van der Waals surface area contributed by atoms with Gasteiger partial charge in [-0.3, -0.25) is 4.79 Å². The molecule has 3 rings (SSSR count). The molecule has 0 unspecified atom stereocenters. The van der Waals surface area contributed by atoms with E-state index in [1.807, 2.05) is 0 Å².